The molecule has 3 nitrogen and oxygen atoms in total. The third-order valence-electron chi connectivity index (χ3n) is 3.48. The molecule has 0 saturated heterocycles. The maximum absolute atomic E-state index is 10.2. The molecule has 0 aromatic heterocycles. The highest BCUT2D eigenvalue weighted by Crippen LogP contribution is 1.98. The summed E-state index contributed by atoms with van der Waals surface area (Å²) in [6.45, 7) is 2.44. The van der Waals surface area contributed by atoms with Gasteiger partial charge in [-0.3, -0.25) is 0 Å². The van der Waals surface area contributed by atoms with Crippen LogP contribution in [0.2, 0.25) is 0 Å². The number of carboxylic acids is 1. The lowest BCUT2D eigenvalue weighted by Gasteiger charge is -1.97. The van der Waals surface area contributed by atoms with Gasteiger partial charge in [-0.15, -0.1) is 0 Å². The van der Waals surface area contributed by atoms with Gasteiger partial charge in [0.25, 0.3) is 0 Å². The van der Waals surface area contributed by atoms with Crippen molar-refractivity contribution in [3.8, 4) is 0 Å². The molecule has 0 atom stereocenters. The Hall–Kier alpha value is -2.13. The van der Waals surface area contributed by atoms with E-state index in [9.17, 15) is 4.79 Å². The molecule has 3 heteroatoms. The van der Waals surface area contributed by atoms with Crippen LogP contribution in [0, 0.1) is 0 Å². The Morgan fingerprint density at radius 1 is 0.704 bits per heavy atom. The van der Waals surface area contributed by atoms with E-state index in [1.807, 2.05) is 0 Å². The van der Waals surface area contributed by atoms with Crippen LogP contribution in [-0.2, 0) is 9.53 Å². The Morgan fingerprint density at radius 2 is 1.11 bits per heavy atom. The molecule has 1 N–H and O–H groups in total. The predicted octanol–water partition coefficient (Wildman–Crippen LogP) is 6.57. The third-order valence-corrected chi connectivity index (χ3v) is 3.48. The number of unbranched alkanes of at least 4 members (excludes halogenated alkanes) is 1. The fraction of sp³-hybridized carbons (Fsp3) is 0.458. The summed E-state index contributed by atoms with van der Waals surface area (Å²) in [5.41, 5.74) is 0. The second-order valence-electron chi connectivity index (χ2n) is 6.00. The first-order valence-electron chi connectivity index (χ1n) is 9.96. The second-order valence-corrected chi connectivity index (χ2v) is 6.00. The zero-order valence-electron chi connectivity index (χ0n) is 16.8. The van der Waals surface area contributed by atoms with E-state index in [2.05, 4.69) is 79.8 Å². The molecule has 27 heavy (non-hydrogen) atoms. The highest BCUT2D eigenvalue weighted by atomic mass is 16.5. The summed E-state index contributed by atoms with van der Waals surface area (Å²) in [6.07, 6.45) is 34.0. The van der Waals surface area contributed by atoms with Gasteiger partial charge < -0.3 is 9.84 Å². The van der Waals surface area contributed by atoms with E-state index in [0.717, 1.165) is 51.4 Å². The molecule has 0 saturated carbocycles. The zero-order chi connectivity index (χ0) is 19.8. The molecule has 0 aromatic carbocycles. The van der Waals surface area contributed by atoms with Crippen LogP contribution in [0.3, 0.4) is 0 Å². The number of allylic oxidation sites excluding steroid dienone is 12. The van der Waals surface area contributed by atoms with E-state index < -0.39 is 5.97 Å². The molecular weight excluding hydrogens is 336 g/mol. The van der Waals surface area contributed by atoms with Crippen molar-refractivity contribution in [1.29, 1.82) is 0 Å². The van der Waals surface area contributed by atoms with Gasteiger partial charge in [-0.05, 0) is 51.4 Å². The van der Waals surface area contributed by atoms with Crippen LogP contribution in [0.15, 0.2) is 72.9 Å². The number of hydrogen-bond acceptors (Lipinski definition) is 2. The lowest BCUT2D eigenvalue weighted by atomic mass is 10.2. The van der Waals surface area contributed by atoms with E-state index in [1.54, 1.807) is 0 Å². The molecule has 0 aliphatic rings. The quantitative estimate of drug-likeness (QED) is 0.232. The van der Waals surface area contributed by atoms with E-state index in [0.29, 0.717) is 6.61 Å². The van der Waals surface area contributed by atoms with Gasteiger partial charge in [-0.25, -0.2) is 4.79 Å². The largest absolute Gasteiger partial charge is 0.480 e. The van der Waals surface area contributed by atoms with Crippen LogP contribution in [-0.4, -0.2) is 24.3 Å². The number of hydrogen-bond donors (Lipinski definition) is 1. The fourth-order valence-corrected chi connectivity index (χ4v) is 2.10. The Kier molecular flexibility index (Phi) is 20.2. The van der Waals surface area contributed by atoms with Crippen molar-refractivity contribution in [1.82, 2.24) is 0 Å². The maximum Gasteiger partial charge on any atom is 0.329 e. The van der Waals surface area contributed by atoms with Gasteiger partial charge in [0.05, 0.1) is 0 Å². The molecule has 0 fully saturated rings. The van der Waals surface area contributed by atoms with Gasteiger partial charge in [-0.2, -0.15) is 0 Å². The van der Waals surface area contributed by atoms with Crippen molar-refractivity contribution >= 4 is 5.97 Å². The number of rotatable bonds is 17. The van der Waals surface area contributed by atoms with Crippen LogP contribution in [0.4, 0.5) is 0 Å². The summed E-state index contributed by atoms with van der Waals surface area (Å²) >= 11 is 0. The summed E-state index contributed by atoms with van der Waals surface area (Å²) in [5.74, 6) is -0.913. The summed E-state index contributed by atoms with van der Waals surface area (Å²) in [4.78, 5) is 10.2. The first kappa shape index (κ1) is 24.9. The molecule has 0 unspecified atom stereocenters. The minimum atomic E-state index is -0.913. The minimum absolute atomic E-state index is 0.205. The molecule has 150 valence electrons. The van der Waals surface area contributed by atoms with Gasteiger partial charge in [0.2, 0.25) is 0 Å². The van der Waals surface area contributed by atoms with Crippen molar-refractivity contribution in [3.05, 3.63) is 72.9 Å². The maximum atomic E-state index is 10.2. The monoisotopic (exact) mass is 372 g/mol. The Balaban J connectivity index is 3.47. The fourth-order valence-electron chi connectivity index (χ4n) is 2.10. The number of carboxylic acid groups (broad SMARTS) is 1. The van der Waals surface area contributed by atoms with Crippen molar-refractivity contribution < 1.29 is 14.6 Å². The molecule has 0 radical (unpaired) electrons. The van der Waals surface area contributed by atoms with E-state index in [-0.39, 0.29) is 6.61 Å². The number of carbonyl (C=O) groups is 1. The first-order valence-corrected chi connectivity index (χ1v) is 9.96. The predicted molar refractivity (Wildman–Crippen MR) is 116 cm³/mol. The highest BCUT2D eigenvalue weighted by molar-refractivity contribution is 5.67. The molecule has 0 rings (SSSR count). The molecule has 0 aromatic rings. The second kappa shape index (κ2) is 21.9. The smallest absolute Gasteiger partial charge is 0.329 e. The normalized spacial score (nSPS) is 12.9. The molecule has 0 bridgehead atoms. The number of ether oxygens (including phenoxy) is 1. The zero-order valence-corrected chi connectivity index (χ0v) is 16.8. The molecular formula is C24H36O3. The van der Waals surface area contributed by atoms with Crippen LogP contribution < -0.4 is 0 Å². The molecule has 0 heterocycles. The van der Waals surface area contributed by atoms with Crippen molar-refractivity contribution in [3.63, 3.8) is 0 Å². The van der Waals surface area contributed by atoms with Crippen LogP contribution in [0.5, 0.6) is 0 Å². The third kappa shape index (κ3) is 23.9. The summed E-state index contributed by atoms with van der Waals surface area (Å²) in [5, 5.41) is 8.42. The van der Waals surface area contributed by atoms with Gasteiger partial charge in [0.1, 0.15) is 6.61 Å². The Bertz CT molecular complexity index is 508. The standard InChI is InChI=1S/C24H36O3/c1-2-3-4-5-6-7-8-9-10-11-12-13-14-15-16-17-18-19-20-21-22-27-23-24(25)26/h3-4,6-7,9-10,12-13,15-16,18-19H,2,5,8,11,14,17,20-23H2,1H3,(H,25,26). The molecule has 0 aliphatic heterocycles. The topological polar surface area (TPSA) is 46.5 Å². The van der Waals surface area contributed by atoms with Crippen LogP contribution >= 0.6 is 0 Å². The summed E-state index contributed by atoms with van der Waals surface area (Å²) in [6, 6.07) is 0. The van der Waals surface area contributed by atoms with Gasteiger partial charge in [0.15, 0.2) is 0 Å². The van der Waals surface area contributed by atoms with Crippen LogP contribution in [0.1, 0.15) is 58.3 Å². The Labute approximate surface area is 165 Å². The SMILES string of the molecule is CCC=CCC=CCC=CCC=CCC=CCC=CCCCOCC(=O)O. The summed E-state index contributed by atoms with van der Waals surface area (Å²) < 4.78 is 4.97. The van der Waals surface area contributed by atoms with E-state index >= 15 is 0 Å². The average Bonchev–Trinajstić information content (AvgIpc) is 2.65. The molecule has 0 spiro atoms. The first-order chi connectivity index (χ1) is 13.3. The van der Waals surface area contributed by atoms with Crippen molar-refractivity contribution in [2.45, 2.75) is 58.3 Å². The van der Waals surface area contributed by atoms with Gasteiger partial charge in [-0.1, -0.05) is 79.8 Å². The highest BCUT2D eigenvalue weighted by Gasteiger charge is 1.94. The molecule has 0 amide bonds. The average molecular weight is 373 g/mol. The Morgan fingerprint density at radius 3 is 1.52 bits per heavy atom. The van der Waals surface area contributed by atoms with Gasteiger partial charge in [0, 0.05) is 6.61 Å². The van der Waals surface area contributed by atoms with Crippen molar-refractivity contribution in [2.75, 3.05) is 13.2 Å². The van der Waals surface area contributed by atoms with Gasteiger partial charge >= 0.3 is 5.97 Å². The summed E-state index contributed by atoms with van der Waals surface area (Å²) in [7, 11) is 0. The van der Waals surface area contributed by atoms with E-state index in [1.165, 1.54) is 0 Å². The lowest BCUT2D eigenvalue weighted by molar-refractivity contribution is -0.142. The van der Waals surface area contributed by atoms with Crippen molar-refractivity contribution in [2.24, 2.45) is 0 Å². The van der Waals surface area contributed by atoms with E-state index in [4.69, 9.17) is 9.84 Å². The lowest BCUT2D eigenvalue weighted by Crippen LogP contribution is -2.07. The van der Waals surface area contributed by atoms with Crippen LogP contribution in [0.25, 0.3) is 0 Å². The number of aliphatic carboxylic acids is 1. The minimum Gasteiger partial charge on any atom is -0.480 e. The molecule has 0 aliphatic carbocycles.